The normalized spacial score (nSPS) is 26.5. The maximum absolute atomic E-state index is 5.42. The van der Waals surface area contributed by atoms with Crippen molar-refractivity contribution in [2.45, 2.75) is 50.9 Å². The SMILES string of the molecule is c1ccc(C2=N[C@H](N3CCCCC3)[C@@H](N3CCCCC3)N2c2ccccc2)cc1. The smallest absolute Gasteiger partial charge is 0.139 e. The van der Waals surface area contributed by atoms with Crippen molar-refractivity contribution in [1.29, 1.82) is 0 Å². The molecule has 2 fully saturated rings. The van der Waals surface area contributed by atoms with E-state index in [1.807, 2.05) is 0 Å². The molecule has 4 heteroatoms. The van der Waals surface area contributed by atoms with Gasteiger partial charge in [0.2, 0.25) is 0 Å². The Kier molecular flexibility index (Phi) is 5.64. The zero-order valence-corrected chi connectivity index (χ0v) is 17.3. The minimum absolute atomic E-state index is 0.212. The van der Waals surface area contributed by atoms with Gasteiger partial charge in [0.25, 0.3) is 0 Å². The van der Waals surface area contributed by atoms with Gasteiger partial charge in [-0.15, -0.1) is 0 Å². The van der Waals surface area contributed by atoms with Crippen LogP contribution in [0.3, 0.4) is 0 Å². The molecule has 3 heterocycles. The van der Waals surface area contributed by atoms with Crippen LogP contribution in [0.5, 0.6) is 0 Å². The molecule has 5 rings (SSSR count). The lowest BCUT2D eigenvalue weighted by Gasteiger charge is -2.44. The Morgan fingerprint density at radius 1 is 0.621 bits per heavy atom. The largest absolute Gasteiger partial charge is 0.306 e. The van der Waals surface area contributed by atoms with Gasteiger partial charge in [0, 0.05) is 37.4 Å². The number of hydrogen-bond donors (Lipinski definition) is 0. The molecule has 2 aromatic carbocycles. The van der Waals surface area contributed by atoms with Gasteiger partial charge in [0.15, 0.2) is 0 Å². The molecule has 29 heavy (non-hydrogen) atoms. The van der Waals surface area contributed by atoms with Crippen LogP contribution in [0.2, 0.25) is 0 Å². The fraction of sp³-hybridized carbons (Fsp3) is 0.480. The van der Waals surface area contributed by atoms with Gasteiger partial charge in [-0.3, -0.25) is 9.80 Å². The molecule has 0 spiro atoms. The van der Waals surface area contributed by atoms with Crippen LogP contribution in [0.25, 0.3) is 0 Å². The zero-order chi connectivity index (χ0) is 19.5. The number of piperidine rings is 2. The average Bonchev–Trinajstić information content (AvgIpc) is 3.22. The Morgan fingerprint density at radius 3 is 1.79 bits per heavy atom. The minimum atomic E-state index is 0.212. The molecule has 3 aliphatic heterocycles. The van der Waals surface area contributed by atoms with E-state index in [2.05, 4.69) is 75.4 Å². The molecule has 2 aromatic rings. The highest BCUT2D eigenvalue weighted by Crippen LogP contribution is 2.34. The first-order valence-electron chi connectivity index (χ1n) is 11.4. The van der Waals surface area contributed by atoms with E-state index in [4.69, 9.17) is 4.99 Å². The van der Waals surface area contributed by atoms with E-state index >= 15 is 0 Å². The van der Waals surface area contributed by atoms with Gasteiger partial charge in [-0.2, -0.15) is 0 Å². The molecule has 0 radical (unpaired) electrons. The molecule has 0 unspecified atom stereocenters. The molecular formula is C25H32N4. The Bertz CT molecular complexity index is 807. The van der Waals surface area contributed by atoms with Crippen molar-refractivity contribution in [2.75, 3.05) is 31.1 Å². The quantitative estimate of drug-likeness (QED) is 0.766. The Morgan fingerprint density at radius 2 is 1.17 bits per heavy atom. The van der Waals surface area contributed by atoms with E-state index in [0.717, 1.165) is 5.84 Å². The second kappa shape index (κ2) is 8.68. The third-order valence-corrected chi connectivity index (χ3v) is 6.61. The molecule has 3 aliphatic rings. The van der Waals surface area contributed by atoms with Crippen molar-refractivity contribution in [3.63, 3.8) is 0 Å². The summed E-state index contributed by atoms with van der Waals surface area (Å²) in [7, 11) is 0. The van der Waals surface area contributed by atoms with Crippen molar-refractivity contribution in [1.82, 2.24) is 9.80 Å². The molecule has 2 saturated heterocycles. The van der Waals surface area contributed by atoms with E-state index < -0.39 is 0 Å². The van der Waals surface area contributed by atoms with Crippen LogP contribution in [-0.4, -0.2) is 54.1 Å². The summed E-state index contributed by atoms with van der Waals surface area (Å²) < 4.78 is 0. The number of hydrogen-bond acceptors (Lipinski definition) is 4. The van der Waals surface area contributed by atoms with Gasteiger partial charge in [0.05, 0.1) is 0 Å². The van der Waals surface area contributed by atoms with Crippen LogP contribution in [0, 0.1) is 0 Å². The summed E-state index contributed by atoms with van der Waals surface area (Å²) in [5, 5.41) is 0. The Hall–Kier alpha value is -2.17. The van der Waals surface area contributed by atoms with Gasteiger partial charge in [0.1, 0.15) is 18.2 Å². The summed E-state index contributed by atoms with van der Waals surface area (Å²) in [5.74, 6) is 1.13. The number of rotatable bonds is 4. The maximum atomic E-state index is 5.42. The molecule has 0 aromatic heterocycles. The summed E-state index contributed by atoms with van der Waals surface area (Å²) in [6.45, 7) is 4.69. The molecule has 0 amide bonds. The summed E-state index contributed by atoms with van der Waals surface area (Å²) in [6.07, 6.45) is 8.40. The predicted molar refractivity (Wildman–Crippen MR) is 120 cm³/mol. The van der Waals surface area contributed by atoms with Gasteiger partial charge in [-0.1, -0.05) is 61.4 Å². The number of para-hydroxylation sites is 1. The van der Waals surface area contributed by atoms with Crippen LogP contribution in [0.1, 0.15) is 44.1 Å². The lowest BCUT2D eigenvalue weighted by molar-refractivity contribution is 0.0696. The summed E-state index contributed by atoms with van der Waals surface area (Å²) in [4.78, 5) is 13.3. The molecule has 0 aliphatic carbocycles. The van der Waals surface area contributed by atoms with Gasteiger partial charge in [-0.05, 0) is 37.8 Å². The first-order chi connectivity index (χ1) is 14.4. The van der Waals surface area contributed by atoms with E-state index in [9.17, 15) is 0 Å². The number of benzene rings is 2. The van der Waals surface area contributed by atoms with Crippen molar-refractivity contribution >= 4 is 11.5 Å². The molecule has 0 bridgehead atoms. The van der Waals surface area contributed by atoms with Crippen molar-refractivity contribution in [3.05, 3.63) is 66.2 Å². The highest BCUT2D eigenvalue weighted by atomic mass is 15.5. The minimum Gasteiger partial charge on any atom is -0.306 e. The van der Waals surface area contributed by atoms with E-state index in [1.54, 1.807) is 0 Å². The zero-order valence-electron chi connectivity index (χ0n) is 17.3. The molecule has 4 nitrogen and oxygen atoms in total. The maximum Gasteiger partial charge on any atom is 0.139 e. The standard InChI is InChI=1S/C25H32N4/c1-5-13-21(14-6-1)23-26-24(27-17-9-3-10-18-27)25(28-19-11-4-12-20-28)29(23)22-15-7-2-8-16-22/h1-2,5-8,13-16,24-25H,3-4,9-12,17-20H2/t24-,25+/m1/s1. The monoisotopic (exact) mass is 388 g/mol. The molecule has 2 atom stereocenters. The lowest BCUT2D eigenvalue weighted by atomic mass is 10.1. The first-order valence-corrected chi connectivity index (χ1v) is 11.4. The summed E-state index contributed by atoms with van der Waals surface area (Å²) in [6, 6.07) is 21.7. The fourth-order valence-corrected chi connectivity index (χ4v) is 5.17. The van der Waals surface area contributed by atoms with E-state index in [-0.39, 0.29) is 12.3 Å². The lowest BCUT2D eigenvalue weighted by Crippen LogP contribution is -2.58. The van der Waals surface area contributed by atoms with Crippen LogP contribution < -0.4 is 4.90 Å². The summed E-state index contributed by atoms with van der Waals surface area (Å²) in [5.41, 5.74) is 2.48. The molecular weight excluding hydrogens is 356 g/mol. The second-order valence-electron chi connectivity index (χ2n) is 8.54. The highest BCUT2D eigenvalue weighted by molar-refractivity contribution is 6.11. The van der Waals surface area contributed by atoms with Crippen LogP contribution >= 0.6 is 0 Å². The Balaban J connectivity index is 1.59. The number of anilines is 1. The third kappa shape index (κ3) is 3.84. The second-order valence-corrected chi connectivity index (χ2v) is 8.54. The topological polar surface area (TPSA) is 22.1 Å². The van der Waals surface area contributed by atoms with Crippen molar-refractivity contribution in [2.24, 2.45) is 4.99 Å². The summed E-state index contributed by atoms with van der Waals surface area (Å²) >= 11 is 0. The Labute approximate surface area is 174 Å². The molecule has 0 N–H and O–H groups in total. The number of amidine groups is 1. The van der Waals surface area contributed by atoms with Crippen molar-refractivity contribution < 1.29 is 0 Å². The molecule has 0 saturated carbocycles. The van der Waals surface area contributed by atoms with E-state index in [1.165, 1.54) is 76.0 Å². The predicted octanol–water partition coefficient (Wildman–Crippen LogP) is 4.58. The average molecular weight is 389 g/mol. The van der Waals surface area contributed by atoms with Crippen LogP contribution in [0.4, 0.5) is 5.69 Å². The highest BCUT2D eigenvalue weighted by Gasteiger charge is 2.44. The van der Waals surface area contributed by atoms with Crippen molar-refractivity contribution in [3.8, 4) is 0 Å². The molecule has 152 valence electrons. The van der Waals surface area contributed by atoms with Gasteiger partial charge < -0.3 is 4.90 Å². The number of nitrogens with zero attached hydrogens (tertiary/aromatic N) is 4. The van der Waals surface area contributed by atoms with Gasteiger partial charge in [-0.25, -0.2) is 4.99 Å². The number of likely N-dealkylation sites (tertiary alicyclic amines) is 2. The van der Waals surface area contributed by atoms with E-state index in [0.29, 0.717) is 0 Å². The first kappa shape index (κ1) is 18.8. The van der Waals surface area contributed by atoms with Crippen LogP contribution in [0.15, 0.2) is 65.7 Å². The number of aliphatic imine (C=N–C) groups is 1. The van der Waals surface area contributed by atoms with Gasteiger partial charge >= 0.3 is 0 Å². The fourth-order valence-electron chi connectivity index (χ4n) is 5.17. The van der Waals surface area contributed by atoms with Crippen LogP contribution in [-0.2, 0) is 0 Å². The third-order valence-electron chi connectivity index (χ3n) is 6.61.